The smallest absolute Gasteiger partial charge is 0.230 e. The summed E-state index contributed by atoms with van der Waals surface area (Å²) < 4.78 is 0. The van der Waals surface area contributed by atoms with Crippen molar-refractivity contribution >= 4 is 47.6 Å². The van der Waals surface area contributed by atoms with Crippen molar-refractivity contribution in [3.63, 3.8) is 0 Å². The lowest BCUT2D eigenvalue weighted by Gasteiger charge is -2.29. The van der Waals surface area contributed by atoms with Gasteiger partial charge < -0.3 is 15.5 Å². The van der Waals surface area contributed by atoms with Crippen LogP contribution in [0, 0.1) is 5.41 Å². The van der Waals surface area contributed by atoms with Crippen molar-refractivity contribution in [2.45, 2.75) is 32.6 Å². The van der Waals surface area contributed by atoms with Gasteiger partial charge in [-0.05, 0) is 26.0 Å². The minimum atomic E-state index is -0.286. The summed E-state index contributed by atoms with van der Waals surface area (Å²) in [5, 5.41) is 6.58. The minimum Gasteiger partial charge on any atom is -0.357 e. The Morgan fingerprint density at radius 1 is 1.27 bits per heavy atom. The molecule has 1 saturated carbocycles. The van der Waals surface area contributed by atoms with E-state index in [2.05, 4.69) is 28.8 Å². The first-order chi connectivity index (χ1) is 10.1. The summed E-state index contributed by atoms with van der Waals surface area (Å²) in [5.41, 5.74) is -0.286. The molecule has 0 aliphatic heterocycles. The third kappa shape index (κ3) is 6.52. The molecule has 7 heteroatoms. The number of rotatable bonds is 7. The van der Waals surface area contributed by atoms with Crippen molar-refractivity contribution in [3.05, 3.63) is 0 Å². The Labute approximate surface area is 156 Å². The number of hydrogen-bond donors (Lipinski definition) is 2. The number of hydrogen-bond acceptors (Lipinski definition) is 3. The molecule has 130 valence electrons. The van der Waals surface area contributed by atoms with E-state index in [0.717, 1.165) is 50.5 Å². The Morgan fingerprint density at radius 2 is 1.91 bits per heavy atom. The molecule has 0 aromatic carbocycles. The van der Waals surface area contributed by atoms with Gasteiger partial charge >= 0.3 is 0 Å². The van der Waals surface area contributed by atoms with Crippen molar-refractivity contribution in [2.24, 2.45) is 10.4 Å². The fourth-order valence-electron chi connectivity index (χ4n) is 2.81. The van der Waals surface area contributed by atoms with E-state index in [-0.39, 0.29) is 35.3 Å². The molecule has 0 heterocycles. The highest BCUT2D eigenvalue weighted by Gasteiger charge is 2.41. The second-order valence-electron chi connectivity index (χ2n) is 5.80. The van der Waals surface area contributed by atoms with Gasteiger partial charge in [0.2, 0.25) is 5.91 Å². The molecule has 0 atom stereocenters. The van der Waals surface area contributed by atoms with Crippen LogP contribution in [-0.4, -0.2) is 62.5 Å². The summed E-state index contributed by atoms with van der Waals surface area (Å²) in [6.07, 6.45) is 6.27. The number of amides is 1. The molecule has 0 aromatic rings. The van der Waals surface area contributed by atoms with E-state index in [1.807, 2.05) is 25.9 Å². The number of guanidine groups is 1. The van der Waals surface area contributed by atoms with E-state index in [9.17, 15) is 4.79 Å². The lowest BCUT2D eigenvalue weighted by Crippen LogP contribution is -2.43. The number of nitrogens with zero attached hydrogens (tertiary/aromatic N) is 2. The van der Waals surface area contributed by atoms with Gasteiger partial charge in [0.05, 0.1) is 12.0 Å². The van der Waals surface area contributed by atoms with Crippen LogP contribution < -0.4 is 10.6 Å². The number of carbonyl (C=O) groups is 1. The first kappa shape index (κ1) is 21.8. The zero-order chi connectivity index (χ0) is 15.7. The topological polar surface area (TPSA) is 56.7 Å². The van der Waals surface area contributed by atoms with E-state index < -0.39 is 0 Å². The maximum atomic E-state index is 12.5. The summed E-state index contributed by atoms with van der Waals surface area (Å²) in [6, 6.07) is 0. The summed E-state index contributed by atoms with van der Waals surface area (Å²) in [7, 11) is 3.68. The first-order valence-electron chi connectivity index (χ1n) is 7.78. The molecule has 0 spiro atoms. The Morgan fingerprint density at radius 3 is 2.41 bits per heavy atom. The van der Waals surface area contributed by atoms with Crippen LogP contribution in [0.2, 0.25) is 0 Å². The molecule has 1 amide bonds. The third-order valence-corrected chi connectivity index (χ3v) is 4.52. The second-order valence-corrected chi connectivity index (χ2v) is 6.79. The summed E-state index contributed by atoms with van der Waals surface area (Å²) >= 11 is 1.81. The van der Waals surface area contributed by atoms with Gasteiger partial charge in [0.15, 0.2) is 5.96 Å². The van der Waals surface area contributed by atoms with Crippen molar-refractivity contribution < 1.29 is 4.79 Å². The highest BCUT2D eigenvalue weighted by atomic mass is 127. The SMILES string of the molecule is CCNC(=NCC1(C(=O)N(C)C)CCCC1)NCCSC.I. The van der Waals surface area contributed by atoms with Crippen LogP contribution in [0.5, 0.6) is 0 Å². The van der Waals surface area contributed by atoms with Crippen LogP contribution in [0.15, 0.2) is 4.99 Å². The molecule has 0 aromatic heterocycles. The highest BCUT2D eigenvalue weighted by Crippen LogP contribution is 2.39. The standard InChI is InChI=1S/C15H30N4OS.HI/c1-5-16-14(17-10-11-21-4)18-12-15(8-6-7-9-15)13(20)19(2)3;/h5-12H2,1-4H3,(H2,16,17,18);1H. The van der Waals surface area contributed by atoms with Crippen molar-refractivity contribution in [1.82, 2.24) is 15.5 Å². The fraction of sp³-hybridized carbons (Fsp3) is 0.867. The summed E-state index contributed by atoms with van der Waals surface area (Å²) in [5.74, 6) is 2.10. The molecule has 1 fully saturated rings. The summed E-state index contributed by atoms with van der Waals surface area (Å²) in [6.45, 7) is 4.36. The third-order valence-electron chi connectivity index (χ3n) is 3.90. The van der Waals surface area contributed by atoms with Gasteiger partial charge in [-0.1, -0.05) is 12.8 Å². The second kappa shape index (κ2) is 11.4. The maximum Gasteiger partial charge on any atom is 0.230 e. The highest BCUT2D eigenvalue weighted by molar-refractivity contribution is 14.0. The van der Waals surface area contributed by atoms with Crippen molar-refractivity contribution in [3.8, 4) is 0 Å². The minimum absolute atomic E-state index is 0. The van der Waals surface area contributed by atoms with E-state index >= 15 is 0 Å². The van der Waals surface area contributed by atoms with Gasteiger partial charge in [-0.15, -0.1) is 24.0 Å². The lowest BCUT2D eigenvalue weighted by atomic mass is 9.85. The summed E-state index contributed by atoms with van der Waals surface area (Å²) in [4.78, 5) is 18.9. The van der Waals surface area contributed by atoms with Gasteiger partial charge in [-0.2, -0.15) is 11.8 Å². The molecule has 2 N–H and O–H groups in total. The monoisotopic (exact) mass is 442 g/mol. The number of halogens is 1. The number of carbonyl (C=O) groups excluding carboxylic acids is 1. The Kier molecular flexibility index (Phi) is 11.3. The number of aliphatic imine (C=N–C) groups is 1. The van der Waals surface area contributed by atoms with Crippen molar-refractivity contribution in [1.29, 1.82) is 0 Å². The predicted molar refractivity (Wildman–Crippen MR) is 107 cm³/mol. The number of thioether (sulfide) groups is 1. The largest absolute Gasteiger partial charge is 0.357 e. The average Bonchev–Trinajstić information content (AvgIpc) is 2.94. The Hall–Kier alpha value is -0.180. The molecule has 1 aliphatic carbocycles. The van der Waals surface area contributed by atoms with Gasteiger partial charge in [0.25, 0.3) is 0 Å². The first-order valence-corrected chi connectivity index (χ1v) is 9.18. The zero-order valence-electron chi connectivity index (χ0n) is 14.3. The lowest BCUT2D eigenvalue weighted by molar-refractivity contribution is -0.138. The van der Waals surface area contributed by atoms with E-state index in [0.29, 0.717) is 6.54 Å². The predicted octanol–water partition coefficient (Wildman–Crippen LogP) is 2.17. The molecule has 5 nitrogen and oxygen atoms in total. The van der Waals surface area contributed by atoms with E-state index in [4.69, 9.17) is 0 Å². The van der Waals surface area contributed by atoms with E-state index in [1.165, 1.54) is 0 Å². The Balaban J connectivity index is 0.00000441. The van der Waals surface area contributed by atoms with Crippen LogP contribution >= 0.6 is 35.7 Å². The fourth-order valence-corrected chi connectivity index (χ4v) is 3.12. The van der Waals surface area contributed by atoms with Crippen molar-refractivity contribution in [2.75, 3.05) is 45.7 Å². The molecule has 1 aliphatic rings. The molecular formula is C15H31IN4OS. The normalized spacial score (nSPS) is 16.8. The molecule has 0 unspecified atom stereocenters. The average molecular weight is 442 g/mol. The molecule has 22 heavy (non-hydrogen) atoms. The van der Waals surface area contributed by atoms with E-state index in [1.54, 1.807) is 4.90 Å². The molecular weight excluding hydrogens is 411 g/mol. The zero-order valence-corrected chi connectivity index (χ0v) is 17.4. The molecule has 0 bridgehead atoms. The van der Waals surface area contributed by atoms with Gasteiger partial charge in [-0.25, -0.2) is 0 Å². The van der Waals surface area contributed by atoms with Crippen LogP contribution in [0.4, 0.5) is 0 Å². The van der Waals surface area contributed by atoms with Gasteiger partial charge in [-0.3, -0.25) is 9.79 Å². The Bertz CT molecular complexity index is 357. The maximum absolute atomic E-state index is 12.5. The molecule has 0 saturated heterocycles. The van der Waals surface area contributed by atoms with Gasteiger partial charge in [0, 0.05) is 32.9 Å². The molecule has 1 rings (SSSR count). The van der Waals surface area contributed by atoms with Gasteiger partial charge in [0.1, 0.15) is 0 Å². The van der Waals surface area contributed by atoms with Crippen LogP contribution in [-0.2, 0) is 4.79 Å². The molecule has 0 radical (unpaired) electrons. The van der Waals surface area contributed by atoms with Crippen LogP contribution in [0.3, 0.4) is 0 Å². The van der Waals surface area contributed by atoms with Crippen LogP contribution in [0.1, 0.15) is 32.6 Å². The van der Waals surface area contributed by atoms with Crippen LogP contribution in [0.25, 0.3) is 0 Å². The number of nitrogens with one attached hydrogen (secondary N) is 2. The quantitative estimate of drug-likeness (QED) is 0.275.